The number of aliphatic hydroxyl groups is 1. The van der Waals surface area contributed by atoms with Crippen molar-refractivity contribution in [3.63, 3.8) is 0 Å². The van der Waals surface area contributed by atoms with Crippen LogP contribution < -0.4 is 4.74 Å². The summed E-state index contributed by atoms with van der Waals surface area (Å²) in [5, 5.41) is 9.69. The van der Waals surface area contributed by atoms with Crippen molar-refractivity contribution >= 4 is 0 Å². The van der Waals surface area contributed by atoms with Gasteiger partial charge in [0.1, 0.15) is 17.7 Å². The topological polar surface area (TPSA) is 29.5 Å². The summed E-state index contributed by atoms with van der Waals surface area (Å²) < 4.78 is 18.2. The smallest absolute Gasteiger partial charge is 0.124 e. The van der Waals surface area contributed by atoms with Crippen molar-refractivity contribution in [2.24, 2.45) is 0 Å². The summed E-state index contributed by atoms with van der Waals surface area (Å²) in [7, 11) is 0. The molecule has 0 aromatic heterocycles. The molecule has 0 unspecified atom stereocenters. The summed E-state index contributed by atoms with van der Waals surface area (Å²) >= 11 is 0. The second-order valence-corrected chi connectivity index (χ2v) is 3.96. The maximum atomic E-state index is 12.6. The van der Waals surface area contributed by atoms with Crippen molar-refractivity contribution < 1.29 is 14.2 Å². The van der Waals surface area contributed by atoms with Crippen LogP contribution in [0.3, 0.4) is 0 Å². The van der Waals surface area contributed by atoms with Gasteiger partial charge in [0.05, 0.1) is 6.10 Å². The lowest BCUT2D eigenvalue weighted by Gasteiger charge is -2.28. The monoisotopic (exact) mass is 210 g/mol. The lowest BCUT2D eigenvalue weighted by molar-refractivity contribution is 0.00684. The molecule has 0 radical (unpaired) electrons. The highest BCUT2D eigenvalue weighted by Crippen LogP contribution is 2.23. The second-order valence-electron chi connectivity index (χ2n) is 3.96. The largest absolute Gasteiger partial charge is 0.488 e. The third-order valence-electron chi connectivity index (χ3n) is 2.77. The normalized spacial score (nSPS) is 26.3. The van der Waals surface area contributed by atoms with E-state index in [1.807, 2.05) is 0 Å². The first-order valence-electron chi connectivity index (χ1n) is 5.36. The predicted octanol–water partition coefficient (Wildman–Crippen LogP) is 2.51. The SMILES string of the molecule is O[C@H]1CCCC[C@@H]1Oc1ccc(F)cc1. The number of ether oxygens (including phenoxy) is 1. The Balaban J connectivity index is 1.98. The van der Waals surface area contributed by atoms with Gasteiger partial charge in [0.2, 0.25) is 0 Å². The summed E-state index contributed by atoms with van der Waals surface area (Å²) in [4.78, 5) is 0. The van der Waals surface area contributed by atoms with Gasteiger partial charge in [0.25, 0.3) is 0 Å². The average Bonchev–Trinajstić information content (AvgIpc) is 2.25. The maximum absolute atomic E-state index is 12.6. The van der Waals surface area contributed by atoms with Crippen molar-refractivity contribution in [3.8, 4) is 5.75 Å². The van der Waals surface area contributed by atoms with Crippen LogP contribution in [0, 0.1) is 5.82 Å². The Morgan fingerprint density at radius 1 is 1.13 bits per heavy atom. The third-order valence-corrected chi connectivity index (χ3v) is 2.77. The van der Waals surface area contributed by atoms with Crippen molar-refractivity contribution in [2.45, 2.75) is 37.9 Å². The number of benzene rings is 1. The van der Waals surface area contributed by atoms with Crippen LogP contribution in [0.5, 0.6) is 5.75 Å². The summed E-state index contributed by atoms with van der Waals surface area (Å²) in [6.45, 7) is 0. The number of aliphatic hydroxyl groups excluding tert-OH is 1. The highest BCUT2D eigenvalue weighted by molar-refractivity contribution is 5.22. The lowest BCUT2D eigenvalue weighted by atomic mass is 9.95. The van der Waals surface area contributed by atoms with E-state index < -0.39 is 0 Å². The van der Waals surface area contributed by atoms with Crippen molar-refractivity contribution in [2.75, 3.05) is 0 Å². The van der Waals surface area contributed by atoms with Gasteiger partial charge in [-0.15, -0.1) is 0 Å². The maximum Gasteiger partial charge on any atom is 0.124 e. The first-order valence-corrected chi connectivity index (χ1v) is 5.36. The molecule has 1 N–H and O–H groups in total. The first kappa shape index (κ1) is 10.4. The van der Waals surface area contributed by atoms with Crippen molar-refractivity contribution in [1.29, 1.82) is 0 Å². The molecule has 0 aliphatic heterocycles. The van der Waals surface area contributed by atoms with Crippen LogP contribution >= 0.6 is 0 Å². The minimum Gasteiger partial charge on any atom is -0.488 e. The molecule has 0 saturated heterocycles. The van der Waals surface area contributed by atoms with Crippen molar-refractivity contribution in [3.05, 3.63) is 30.1 Å². The molecule has 82 valence electrons. The van der Waals surface area contributed by atoms with Crippen molar-refractivity contribution in [1.82, 2.24) is 0 Å². The molecule has 0 amide bonds. The molecule has 2 rings (SSSR count). The van der Waals surface area contributed by atoms with Gasteiger partial charge < -0.3 is 9.84 Å². The molecule has 1 aliphatic carbocycles. The van der Waals surface area contributed by atoms with Gasteiger partial charge in [-0.05, 0) is 43.5 Å². The van der Waals surface area contributed by atoms with Gasteiger partial charge >= 0.3 is 0 Å². The first-order chi connectivity index (χ1) is 7.25. The summed E-state index contributed by atoms with van der Waals surface area (Å²) in [5.74, 6) is 0.355. The number of rotatable bonds is 2. The zero-order chi connectivity index (χ0) is 10.7. The number of hydrogen-bond donors (Lipinski definition) is 1. The molecule has 1 fully saturated rings. The molecule has 15 heavy (non-hydrogen) atoms. The highest BCUT2D eigenvalue weighted by Gasteiger charge is 2.24. The Morgan fingerprint density at radius 3 is 2.47 bits per heavy atom. The standard InChI is InChI=1S/C12H15FO2/c13-9-5-7-10(8-6-9)15-12-4-2-1-3-11(12)14/h5-8,11-12,14H,1-4H2/t11-,12-/m0/s1. The van der Waals surface area contributed by atoms with E-state index >= 15 is 0 Å². The molecule has 0 heterocycles. The van der Waals surface area contributed by atoms with E-state index in [2.05, 4.69) is 0 Å². The molecule has 0 bridgehead atoms. The van der Waals surface area contributed by atoms with E-state index in [4.69, 9.17) is 4.74 Å². The molecule has 2 atom stereocenters. The van der Waals surface area contributed by atoms with Gasteiger partial charge in [-0.3, -0.25) is 0 Å². The minimum absolute atomic E-state index is 0.135. The fourth-order valence-electron chi connectivity index (χ4n) is 1.90. The molecular formula is C12H15FO2. The van der Waals surface area contributed by atoms with E-state index in [0.29, 0.717) is 5.75 Å². The molecule has 1 aromatic carbocycles. The van der Waals surface area contributed by atoms with Crippen LogP contribution in [-0.2, 0) is 0 Å². The molecule has 1 aliphatic rings. The summed E-state index contributed by atoms with van der Waals surface area (Å²) in [6, 6.07) is 5.92. The van der Waals surface area contributed by atoms with Gasteiger partial charge in [-0.25, -0.2) is 4.39 Å². The van der Waals surface area contributed by atoms with Gasteiger partial charge in [0, 0.05) is 0 Å². The number of halogens is 1. The molecule has 1 saturated carbocycles. The van der Waals surface area contributed by atoms with Gasteiger partial charge in [-0.2, -0.15) is 0 Å². The van der Waals surface area contributed by atoms with Crippen LogP contribution in [0.4, 0.5) is 4.39 Å². The van der Waals surface area contributed by atoms with E-state index in [9.17, 15) is 9.50 Å². The van der Waals surface area contributed by atoms with E-state index in [1.165, 1.54) is 12.1 Å². The Bertz CT molecular complexity index is 310. The zero-order valence-electron chi connectivity index (χ0n) is 8.53. The van der Waals surface area contributed by atoms with Crippen LogP contribution in [0.15, 0.2) is 24.3 Å². The lowest BCUT2D eigenvalue weighted by Crippen LogP contribution is -2.34. The third kappa shape index (κ3) is 2.69. The highest BCUT2D eigenvalue weighted by atomic mass is 19.1. The molecular weight excluding hydrogens is 195 g/mol. The Kier molecular flexibility index (Phi) is 3.21. The molecule has 0 spiro atoms. The number of hydrogen-bond acceptors (Lipinski definition) is 2. The summed E-state index contributed by atoms with van der Waals surface area (Å²) in [6.07, 6.45) is 3.30. The minimum atomic E-state index is -0.385. The molecule has 1 aromatic rings. The van der Waals surface area contributed by atoms with Crippen LogP contribution in [0.1, 0.15) is 25.7 Å². The van der Waals surface area contributed by atoms with E-state index in [1.54, 1.807) is 12.1 Å². The predicted molar refractivity (Wildman–Crippen MR) is 55.3 cm³/mol. The zero-order valence-corrected chi connectivity index (χ0v) is 8.53. The van der Waals surface area contributed by atoms with Crippen LogP contribution in [-0.4, -0.2) is 17.3 Å². The Labute approximate surface area is 88.7 Å². The fourth-order valence-corrected chi connectivity index (χ4v) is 1.90. The van der Waals surface area contributed by atoms with Crippen LogP contribution in [0.2, 0.25) is 0 Å². The average molecular weight is 210 g/mol. The quantitative estimate of drug-likeness (QED) is 0.812. The molecule has 2 nitrogen and oxygen atoms in total. The fraction of sp³-hybridized carbons (Fsp3) is 0.500. The van der Waals surface area contributed by atoms with Gasteiger partial charge in [-0.1, -0.05) is 6.42 Å². The molecule has 3 heteroatoms. The van der Waals surface area contributed by atoms with E-state index in [0.717, 1.165) is 25.7 Å². The Hall–Kier alpha value is -1.09. The van der Waals surface area contributed by atoms with Gasteiger partial charge in [0.15, 0.2) is 0 Å². The Morgan fingerprint density at radius 2 is 1.80 bits per heavy atom. The van der Waals surface area contributed by atoms with Crippen LogP contribution in [0.25, 0.3) is 0 Å². The summed E-state index contributed by atoms with van der Waals surface area (Å²) in [5.41, 5.74) is 0. The van der Waals surface area contributed by atoms with E-state index in [-0.39, 0.29) is 18.0 Å². The second kappa shape index (κ2) is 4.62.